The maximum Gasteiger partial charge on any atom is 0.234 e. The molecule has 0 aliphatic heterocycles. The van der Waals surface area contributed by atoms with Crippen LogP contribution in [-0.4, -0.2) is 30.4 Å². The summed E-state index contributed by atoms with van der Waals surface area (Å²) in [6.07, 6.45) is 6.12. The van der Waals surface area contributed by atoms with Gasteiger partial charge in [-0.3, -0.25) is 9.69 Å². The van der Waals surface area contributed by atoms with Gasteiger partial charge in [-0.1, -0.05) is 19.3 Å². The summed E-state index contributed by atoms with van der Waals surface area (Å²) in [6.45, 7) is 1.31. The highest BCUT2D eigenvalue weighted by Crippen LogP contribution is 2.23. The topological polar surface area (TPSA) is 32.3 Å². The first-order chi connectivity index (χ1) is 9.13. The van der Waals surface area contributed by atoms with Crippen LogP contribution in [0.25, 0.3) is 0 Å². The molecule has 2 rings (SSSR count). The number of thiophene rings is 1. The second kappa shape index (κ2) is 7.41. The lowest BCUT2D eigenvalue weighted by Gasteiger charge is -2.24. The number of halogens is 1. The molecular formula is C14H21BrN2OS. The zero-order valence-electron chi connectivity index (χ0n) is 11.3. The van der Waals surface area contributed by atoms with Gasteiger partial charge in [0.05, 0.1) is 10.3 Å². The normalized spacial score (nSPS) is 16.8. The zero-order valence-corrected chi connectivity index (χ0v) is 13.7. The van der Waals surface area contributed by atoms with Gasteiger partial charge in [0.1, 0.15) is 0 Å². The van der Waals surface area contributed by atoms with Crippen molar-refractivity contribution in [1.82, 2.24) is 10.2 Å². The quantitative estimate of drug-likeness (QED) is 0.887. The number of carbonyl (C=O) groups is 1. The van der Waals surface area contributed by atoms with E-state index in [4.69, 9.17) is 0 Å². The van der Waals surface area contributed by atoms with Crippen molar-refractivity contribution in [2.75, 3.05) is 13.6 Å². The molecule has 1 aliphatic carbocycles. The van der Waals surface area contributed by atoms with Crippen molar-refractivity contribution in [2.45, 2.75) is 44.7 Å². The highest BCUT2D eigenvalue weighted by Gasteiger charge is 2.16. The molecule has 106 valence electrons. The number of hydrogen-bond donors (Lipinski definition) is 1. The molecule has 0 bridgehead atoms. The molecule has 5 heteroatoms. The van der Waals surface area contributed by atoms with Crippen molar-refractivity contribution in [3.63, 3.8) is 0 Å². The molecule has 0 unspecified atom stereocenters. The second-order valence-corrected chi connectivity index (χ2v) is 7.83. The van der Waals surface area contributed by atoms with Crippen LogP contribution >= 0.6 is 27.3 Å². The van der Waals surface area contributed by atoms with Crippen LogP contribution in [0.1, 0.15) is 37.0 Å². The summed E-state index contributed by atoms with van der Waals surface area (Å²) >= 11 is 5.18. The molecule has 1 aromatic heterocycles. The Bertz CT molecular complexity index is 415. The van der Waals surface area contributed by atoms with Gasteiger partial charge in [0.15, 0.2) is 0 Å². The zero-order chi connectivity index (χ0) is 13.7. The average Bonchev–Trinajstić information content (AvgIpc) is 2.75. The Balaban J connectivity index is 1.71. The minimum atomic E-state index is 0.157. The number of nitrogens with one attached hydrogen (secondary N) is 1. The van der Waals surface area contributed by atoms with E-state index < -0.39 is 0 Å². The Morgan fingerprint density at radius 2 is 2.16 bits per heavy atom. The van der Waals surface area contributed by atoms with Crippen LogP contribution in [0.3, 0.4) is 0 Å². The fourth-order valence-electron chi connectivity index (χ4n) is 2.52. The smallest absolute Gasteiger partial charge is 0.234 e. The summed E-state index contributed by atoms with van der Waals surface area (Å²) in [5, 5.41) is 3.15. The monoisotopic (exact) mass is 344 g/mol. The minimum absolute atomic E-state index is 0.157. The number of rotatable bonds is 5. The van der Waals surface area contributed by atoms with Crippen molar-refractivity contribution in [3.8, 4) is 0 Å². The first-order valence-electron chi connectivity index (χ1n) is 6.85. The summed E-state index contributed by atoms with van der Waals surface area (Å²) in [6, 6.07) is 4.56. The molecule has 1 amide bonds. The van der Waals surface area contributed by atoms with Gasteiger partial charge in [-0.05, 0) is 48.0 Å². The molecule has 0 saturated heterocycles. The summed E-state index contributed by atoms with van der Waals surface area (Å²) in [5.41, 5.74) is 0. The maximum atomic E-state index is 12.0. The lowest BCUT2D eigenvalue weighted by atomic mass is 9.95. The van der Waals surface area contributed by atoms with E-state index in [1.807, 2.05) is 7.05 Å². The second-order valence-electron chi connectivity index (χ2n) is 5.28. The van der Waals surface area contributed by atoms with Crippen molar-refractivity contribution in [1.29, 1.82) is 0 Å². The standard InChI is InChI=1S/C14H21BrN2OS/c1-17(9-12-7-8-13(15)19-12)10-14(18)16-11-5-3-2-4-6-11/h7-8,11H,2-6,9-10H2,1H3,(H,16,18). The van der Waals surface area contributed by atoms with Gasteiger partial charge in [0.2, 0.25) is 5.91 Å². The number of carbonyl (C=O) groups excluding carboxylic acids is 1. The fourth-order valence-corrected chi connectivity index (χ4v) is 4.09. The van der Waals surface area contributed by atoms with Crippen LogP contribution in [0.4, 0.5) is 0 Å². The lowest BCUT2D eigenvalue weighted by Crippen LogP contribution is -2.41. The van der Waals surface area contributed by atoms with Crippen LogP contribution in [0.2, 0.25) is 0 Å². The Morgan fingerprint density at radius 3 is 2.79 bits per heavy atom. The molecule has 0 atom stereocenters. The Hall–Kier alpha value is -0.390. The average molecular weight is 345 g/mol. The van der Waals surface area contributed by atoms with E-state index >= 15 is 0 Å². The summed E-state index contributed by atoms with van der Waals surface area (Å²) in [4.78, 5) is 15.3. The van der Waals surface area contributed by atoms with E-state index in [-0.39, 0.29) is 5.91 Å². The third-order valence-corrected chi connectivity index (χ3v) is 5.05. The molecule has 1 N–H and O–H groups in total. The first-order valence-corrected chi connectivity index (χ1v) is 8.46. The summed E-state index contributed by atoms with van der Waals surface area (Å²) in [7, 11) is 1.99. The number of likely N-dealkylation sites (N-methyl/N-ethyl adjacent to an activating group) is 1. The highest BCUT2D eigenvalue weighted by molar-refractivity contribution is 9.11. The van der Waals surface area contributed by atoms with E-state index in [1.165, 1.54) is 24.1 Å². The number of hydrogen-bond acceptors (Lipinski definition) is 3. The first kappa shape index (κ1) is 15.0. The van der Waals surface area contributed by atoms with Crippen molar-refractivity contribution in [3.05, 3.63) is 20.8 Å². The third kappa shape index (κ3) is 5.24. The van der Waals surface area contributed by atoms with Crippen molar-refractivity contribution >= 4 is 33.2 Å². The van der Waals surface area contributed by atoms with Gasteiger partial charge >= 0.3 is 0 Å². The number of nitrogens with zero attached hydrogens (tertiary/aromatic N) is 1. The molecule has 19 heavy (non-hydrogen) atoms. The van der Waals surface area contributed by atoms with Gasteiger partial charge in [-0.2, -0.15) is 0 Å². The maximum absolute atomic E-state index is 12.0. The summed E-state index contributed by atoms with van der Waals surface area (Å²) < 4.78 is 1.14. The van der Waals surface area contributed by atoms with Gasteiger partial charge in [-0.25, -0.2) is 0 Å². The van der Waals surface area contributed by atoms with Crippen LogP contribution in [0, 0.1) is 0 Å². The molecule has 3 nitrogen and oxygen atoms in total. The molecule has 0 spiro atoms. The molecule has 1 heterocycles. The van der Waals surface area contributed by atoms with Gasteiger partial charge < -0.3 is 5.32 Å². The van der Waals surface area contributed by atoms with E-state index in [9.17, 15) is 4.79 Å². The van der Waals surface area contributed by atoms with E-state index in [0.29, 0.717) is 12.6 Å². The molecular weight excluding hydrogens is 324 g/mol. The Labute approximate surface area is 127 Å². The highest BCUT2D eigenvalue weighted by atomic mass is 79.9. The van der Waals surface area contributed by atoms with Crippen LogP contribution in [0.5, 0.6) is 0 Å². The third-order valence-electron chi connectivity index (χ3n) is 3.44. The molecule has 0 radical (unpaired) electrons. The predicted octanol–water partition coefficient (Wildman–Crippen LogP) is 3.39. The molecule has 1 aliphatic rings. The van der Waals surface area contributed by atoms with E-state index in [0.717, 1.165) is 23.2 Å². The van der Waals surface area contributed by atoms with Crippen molar-refractivity contribution in [2.24, 2.45) is 0 Å². The van der Waals surface area contributed by atoms with Crippen LogP contribution in [-0.2, 0) is 11.3 Å². The molecule has 1 saturated carbocycles. The Kier molecular flexibility index (Phi) is 5.85. The van der Waals surface area contributed by atoms with Crippen LogP contribution < -0.4 is 5.32 Å². The van der Waals surface area contributed by atoms with E-state index in [1.54, 1.807) is 11.3 Å². The lowest BCUT2D eigenvalue weighted by molar-refractivity contribution is -0.122. The van der Waals surface area contributed by atoms with Crippen molar-refractivity contribution < 1.29 is 4.79 Å². The van der Waals surface area contributed by atoms with E-state index in [2.05, 4.69) is 38.3 Å². The summed E-state index contributed by atoms with van der Waals surface area (Å²) in [5.74, 6) is 0.157. The minimum Gasteiger partial charge on any atom is -0.352 e. The van der Waals surface area contributed by atoms with Crippen LogP contribution in [0.15, 0.2) is 15.9 Å². The predicted molar refractivity (Wildman–Crippen MR) is 83.4 cm³/mol. The largest absolute Gasteiger partial charge is 0.352 e. The molecule has 1 aromatic rings. The fraction of sp³-hybridized carbons (Fsp3) is 0.643. The Morgan fingerprint density at radius 1 is 1.42 bits per heavy atom. The number of amides is 1. The SMILES string of the molecule is CN(CC(=O)NC1CCCCC1)Cc1ccc(Br)s1. The van der Waals surface area contributed by atoms with Gasteiger partial charge in [0, 0.05) is 17.5 Å². The van der Waals surface area contributed by atoms with Gasteiger partial charge in [0.25, 0.3) is 0 Å². The molecule has 0 aromatic carbocycles. The molecule has 1 fully saturated rings. The van der Waals surface area contributed by atoms with Gasteiger partial charge in [-0.15, -0.1) is 11.3 Å².